The molecule has 0 fully saturated rings. The first-order chi connectivity index (χ1) is 8.24. The topological polar surface area (TPSA) is 82.8 Å². The van der Waals surface area contributed by atoms with Gasteiger partial charge in [-0.2, -0.15) is 7.11 Å². The van der Waals surface area contributed by atoms with Gasteiger partial charge in [-0.1, -0.05) is 0 Å². The van der Waals surface area contributed by atoms with Crippen LogP contribution in [0.5, 0.6) is 0 Å². The molecule has 0 heterocycles. The number of rotatable bonds is 4. The van der Waals surface area contributed by atoms with Crippen LogP contribution in [-0.2, 0) is 35.0 Å². The molecule has 0 unspecified atom stereocenters. The van der Waals surface area contributed by atoms with Gasteiger partial charge < -0.3 is 9.59 Å². The molecule has 0 atom stereocenters. The molecule has 106 valence electrons. The maximum absolute atomic E-state index is 8.25. The molecule has 0 aliphatic carbocycles. The van der Waals surface area contributed by atoms with Crippen LogP contribution in [0, 0.1) is 20.0 Å². The van der Waals surface area contributed by atoms with E-state index in [-0.39, 0.29) is 21.1 Å². The van der Waals surface area contributed by atoms with Crippen LogP contribution in [0.25, 0.3) is 0 Å². The van der Waals surface area contributed by atoms with Gasteiger partial charge in [0.1, 0.15) is 0 Å². The summed E-state index contributed by atoms with van der Waals surface area (Å²) in [5.74, 6) is 0. The van der Waals surface area contributed by atoms with Gasteiger partial charge in [-0.15, -0.1) is 0 Å². The SMILES string of the molecule is CC[N+](CC)(CC)CC.C[O-].[C-]#[O+].[C-]#[O+].[C-]#[O+].[W]. The zero-order valence-corrected chi connectivity index (χ0v) is 14.8. The number of hydrogen-bond acceptors (Lipinski definition) is 1. The predicted molar refractivity (Wildman–Crippen MR) is 60.1 cm³/mol. The van der Waals surface area contributed by atoms with E-state index >= 15 is 0 Å². The van der Waals surface area contributed by atoms with Crippen LogP contribution in [0.15, 0.2) is 0 Å². The van der Waals surface area contributed by atoms with E-state index in [1.54, 1.807) is 0 Å². The normalized spacial score (nSPS) is 6.67. The van der Waals surface area contributed by atoms with Crippen molar-refractivity contribution in [3.05, 3.63) is 20.0 Å². The summed E-state index contributed by atoms with van der Waals surface area (Å²) >= 11 is 0. The van der Waals surface area contributed by atoms with Crippen LogP contribution in [0.2, 0.25) is 0 Å². The van der Waals surface area contributed by atoms with Gasteiger partial charge in [-0.05, 0) is 27.7 Å². The second-order valence-electron chi connectivity index (χ2n) is 2.61. The van der Waals surface area contributed by atoms with Gasteiger partial charge in [-0.3, -0.25) is 0 Å². The Morgan fingerprint density at radius 2 is 0.778 bits per heavy atom. The molecule has 0 radical (unpaired) electrons. The fourth-order valence-corrected chi connectivity index (χ4v) is 1.34. The van der Waals surface area contributed by atoms with Crippen molar-refractivity contribution in [2.45, 2.75) is 27.7 Å². The molecular formula is C12H23NO4W. The fourth-order valence-electron chi connectivity index (χ4n) is 1.34. The largest absolute Gasteiger partial charge is 0 e. The number of quaternary nitrogens is 1. The van der Waals surface area contributed by atoms with Gasteiger partial charge in [-0.25, -0.2) is 0 Å². The molecule has 0 aromatic heterocycles. The van der Waals surface area contributed by atoms with Crippen molar-refractivity contribution >= 4 is 0 Å². The molecule has 0 aromatic rings. The molecule has 0 saturated heterocycles. The molecule has 6 heteroatoms. The van der Waals surface area contributed by atoms with Crippen LogP contribution >= 0.6 is 0 Å². The quantitative estimate of drug-likeness (QED) is 0.369. The molecule has 0 aliphatic rings. The van der Waals surface area contributed by atoms with Crippen LogP contribution < -0.4 is 5.11 Å². The summed E-state index contributed by atoms with van der Waals surface area (Å²) in [4.78, 5) is 0. The van der Waals surface area contributed by atoms with E-state index in [1.165, 1.54) is 30.7 Å². The molecule has 0 saturated carbocycles. The first-order valence-corrected chi connectivity index (χ1v) is 5.11. The van der Waals surface area contributed by atoms with Crippen LogP contribution in [0.1, 0.15) is 27.7 Å². The van der Waals surface area contributed by atoms with E-state index in [2.05, 4.69) is 47.6 Å². The van der Waals surface area contributed by atoms with E-state index in [9.17, 15) is 0 Å². The smallest absolute Gasteiger partial charge is 0 e. The third-order valence-electron chi connectivity index (χ3n) is 2.68. The van der Waals surface area contributed by atoms with E-state index in [4.69, 9.17) is 19.1 Å². The minimum absolute atomic E-state index is 0. The van der Waals surface area contributed by atoms with Crippen molar-refractivity contribution in [2.75, 3.05) is 33.3 Å². The van der Waals surface area contributed by atoms with Crippen molar-refractivity contribution in [1.82, 2.24) is 0 Å². The van der Waals surface area contributed by atoms with E-state index in [0.29, 0.717) is 0 Å². The van der Waals surface area contributed by atoms with Gasteiger partial charge in [0.2, 0.25) is 0 Å². The number of nitrogens with zero attached hydrogens (tertiary/aromatic N) is 1. The first kappa shape index (κ1) is 36.1. The molecule has 0 spiro atoms. The maximum Gasteiger partial charge on any atom is 0 e. The van der Waals surface area contributed by atoms with Crippen molar-refractivity contribution in [1.29, 1.82) is 0 Å². The first-order valence-electron chi connectivity index (χ1n) is 5.11. The summed E-state index contributed by atoms with van der Waals surface area (Å²) in [5.41, 5.74) is 0. The molecule has 0 aliphatic heterocycles. The van der Waals surface area contributed by atoms with Gasteiger partial charge >= 0.3 is 33.9 Å². The molecule has 0 aromatic carbocycles. The minimum Gasteiger partial charge on any atom is 0 e. The summed E-state index contributed by atoms with van der Waals surface area (Å²) in [6, 6.07) is 0. The molecule has 0 bridgehead atoms. The van der Waals surface area contributed by atoms with Crippen molar-refractivity contribution in [2.24, 2.45) is 0 Å². The Hall–Kier alpha value is -0.172. The van der Waals surface area contributed by atoms with Gasteiger partial charge in [0, 0.05) is 21.1 Å². The minimum atomic E-state index is 0. The molecule has 18 heavy (non-hydrogen) atoms. The summed E-state index contributed by atoms with van der Waals surface area (Å²) in [7, 11) is 0.750. The fraction of sp³-hybridized carbons (Fsp3) is 0.750. The Balaban J connectivity index is -0.0000000342. The Bertz CT molecular complexity index is 133. The average molecular weight is 429 g/mol. The zero-order chi connectivity index (χ0) is 15.3. The summed E-state index contributed by atoms with van der Waals surface area (Å²) in [6.07, 6.45) is 0. The standard InChI is InChI=1S/C8H20N.CH3O.3CO.W/c1-5-9(6-2,7-3)8-4;4*1-2;/h5-8H2,1-4H3;1H3;;;;/q+1;-1;;;;. The Morgan fingerprint density at radius 3 is 0.778 bits per heavy atom. The Kier molecular flexibility index (Phi) is 87.5. The Labute approximate surface area is 126 Å². The second kappa shape index (κ2) is 43.6. The zero-order valence-electron chi connectivity index (χ0n) is 11.8. The van der Waals surface area contributed by atoms with Crippen molar-refractivity contribution < 1.29 is 44.6 Å². The van der Waals surface area contributed by atoms with Crippen molar-refractivity contribution in [3.63, 3.8) is 0 Å². The van der Waals surface area contributed by atoms with Gasteiger partial charge in [0.15, 0.2) is 0 Å². The van der Waals surface area contributed by atoms with E-state index in [1.807, 2.05) is 0 Å². The van der Waals surface area contributed by atoms with Crippen LogP contribution in [0.3, 0.4) is 0 Å². The molecular weight excluding hydrogens is 406 g/mol. The number of hydrogen-bond donors (Lipinski definition) is 0. The predicted octanol–water partition coefficient (Wildman–Crippen LogP) is 0.744. The van der Waals surface area contributed by atoms with Gasteiger partial charge in [0.05, 0.1) is 26.2 Å². The maximum atomic E-state index is 8.25. The Morgan fingerprint density at radius 1 is 0.667 bits per heavy atom. The molecule has 0 rings (SSSR count). The molecule has 5 nitrogen and oxygen atoms in total. The van der Waals surface area contributed by atoms with E-state index < -0.39 is 0 Å². The van der Waals surface area contributed by atoms with Crippen LogP contribution in [-0.4, -0.2) is 37.8 Å². The van der Waals surface area contributed by atoms with Crippen molar-refractivity contribution in [3.8, 4) is 0 Å². The molecule has 0 N–H and O–H groups in total. The monoisotopic (exact) mass is 429 g/mol. The molecule has 0 amide bonds. The summed E-state index contributed by atoms with van der Waals surface area (Å²) in [5, 5.41) is 8.25. The third kappa shape index (κ3) is 24.9. The van der Waals surface area contributed by atoms with E-state index in [0.717, 1.165) is 7.11 Å². The van der Waals surface area contributed by atoms with Gasteiger partial charge in [0.25, 0.3) is 0 Å². The summed E-state index contributed by atoms with van der Waals surface area (Å²) in [6.45, 7) is 27.7. The summed E-state index contributed by atoms with van der Waals surface area (Å²) < 4.78 is 23.8. The van der Waals surface area contributed by atoms with Crippen LogP contribution in [0.4, 0.5) is 0 Å². The average Bonchev–Trinajstić information content (AvgIpc) is 2.50. The second-order valence-corrected chi connectivity index (χ2v) is 2.61. The third-order valence-corrected chi connectivity index (χ3v) is 2.68.